The zero-order valence-electron chi connectivity index (χ0n) is 13.5. The highest BCUT2D eigenvalue weighted by Gasteiger charge is 2.25. The lowest BCUT2D eigenvalue weighted by Gasteiger charge is -2.17. The summed E-state index contributed by atoms with van der Waals surface area (Å²) in [6.45, 7) is 3.93. The molecular formula is C15H18ClN3O4S. The predicted octanol–water partition coefficient (Wildman–Crippen LogP) is 2.64. The van der Waals surface area contributed by atoms with Gasteiger partial charge in [0.1, 0.15) is 6.04 Å². The van der Waals surface area contributed by atoms with Crippen molar-refractivity contribution in [2.75, 3.05) is 6.26 Å². The molecule has 0 spiro atoms. The number of nitrogens with zero attached hydrogens (tertiary/aromatic N) is 2. The van der Waals surface area contributed by atoms with Crippen molar-refractivity contribution in [3.8, 4) is 0 Å². The van der Waals surface area contributed by atoms with Gasteiger partial charge in [-0.25, -0.2) is 8.42 Å². The molecular weight excluding hydrogens is 354 g/mol. The maximum Gasteiger partial charge on any atom is 0.335 e. The lowest BCUT2D eigenvalue weighted by atomic mass is 10.0. The lowest BCUT2D eigenvalue weighted by molar-refractivity contribution is 0.0923. The number of rotatable bonds is 6. The molecule has 1 atom stereocenters. The van der Waals surface area contributed by atoms with Crippen LogP contribution in [-0.2, 0) is 9.84 Å². The van der Waals surface area contributed by atoms with Gasteiger partial charge in [-0.15, -0.1) is 5.10 Å². The van der Waals surface area contributed by atoms with E-state index in [9.17, 15) is 13.2 Å². The summed E-state index contributed by atoms with van der Waals surface area (Å²) < 4.78 is 28.2. The van der Waals surface area contributed by atoms with Crippen molar-refractivity contribution in [1.29, 1.82) is 0 Å². The van der Waals surface area contributed by atoms with Gasteiger partial charge in [0, 0.05) is 16.8 Å². The Morgan fingerprint density at radius 2 is 2.04 bits per heavy atom. The van der Waals surface area contributed by atoms with Gasteiger partial charge in [0.25, 0.3) is 5.91 Å². The normalized spacial score (nSPS) is 13.0. The monoisotopic (exact) mass is 371 g/mol. The Kier molecular flexibility index (Phi) is 5.61. The molecule has 2 rings (SSSR count). The Hall–Kier alpha value is -1.93. The summed E-state index contributed by atoms with van der Waals surface area (Å²) in [6, 6.07) is 5.91. The fraction of sp³-hybridized carbons (Fsp3) is 0.400. The van der Waals surface area contributed by atoms with Crippen LogP contribution in [0.3, 0.4) is 0 Å². The summed E-state index contributed by atoms with van der Waals surface area (Å²) in [5, 5.41) is 10.1. The number of benzene rings is 1. The van der Waals surface area contributed by atoms with Crippen LogP contribution in [0.4, 0.5) is 0 Å². The van der Waals surface area contributed by atoms with E-state index in [1.807, 2.05) is 13.8 Å². The SMILES string of the molecule is CC(C)C[C@H](NC(=O)c1cccc(Cl)c1)c1nnc(S(C)(=O)=O)o1. The van der Waals surface area contributed by atoms with Crippen LogP contribution in [0, 0.1) is 5.92 Å². The van der Waals surface area contributed by atoms with Crippen LogP contribution < -0.4 is 5.32 Å². The number of carbonyl (C=O) groups is 1. The first-order valence-electron chi connectivity index (χ1n) is 7.26. The highest BCUT2D eigenvalue weighted by molar-refractivity contribution is 7.90. The van der Waals surface area contributed by atoms with Crippen molar-refractivity contribution >= 4 is 27.3 Å². The van der Waals surface area contributed by atoms with Crippen molar-refractivity contribution in [2.24, 2.45) is 5.92 Å². The van der Waals surface area contributed by atoms with Gasteiger partial charge in [-0.05, 0) is 30.5 Å². The minimum atomic E-state index is -3.60. The number of amides is 1. The van der Waals surface area contributed by atoms with Gasteiger partial charge in [-0.2, -0.15) is 0 Å². The molecule has 0 aliphatic heterocycles. The summed E-state index contributed by atoms with van der Waals surface area (Å²) in [5.41, 5.74) is 0.388. The molecule has 0 radical (unpaired) electrons. The molecule has 1 heterocycles. The molecule has 24 heavy (non-hydrogen) atoms. The predicted molar refractivity (Wildman–Crippen MR) is 88.5 cm³/mol. The summed E-state index contributed by atoms with van der Waals surface area (Å²) in [7, 11) is -3.60. The first-order valence-corrected chi connectivity index (χ1v) is 9.53. The van der Waals surface area contributed by atoms with Crippen molar-refractivity contribution in [3.05, 3.63) is 40.7 Å². The topological polar surface area (TPSA) is 102 Å². The molecule has 0 aliphatic carbocycles. The summed E-state index contributed by atoms with van der Waals surface area (Å²) in [6.07, 6.45) is 1.49. The Bertz CT molecular complexity index is 833. The van der Waals surface area contributed by atoms with Gasteiger partial charge in [0.05, 0.1) is 0 Å². The molecule has 0 saturated carbocycles. The molecule has 0 unspecified atom stereocenters. The third kappa shape index (κ3) is 4.78. The Balaban J connectivity index is 2.25. The fourth-order valence-electron chi connectivity index (χ4n) is 2.08. The molecule has 0 saturated heterocycles. The first-order chi connectivity index (χ1) is 11.2. The Morgan fingerprint density at radius 3 is 2.58 bits per heavy atom. The minimum absolute atomic E-state index is 0.0551. The minimum Gasteiger partial charge on any atom is -0.410 e. The van der Waals surface area contributed by atoms with Crippen molar-refractivity contribution in [1.82, 2.24) is 15.5 Å². The molecule has 0 bridgehead atoms. The Labute approximate surface area is 145 Å². The van der Waals surface area contributed by atoms with Gasteiger partial charge in [-0.1, -0.05) is 36.6 Å². The standard InChI is InChI=1S/C15H18ClN3O4S/c1-9(2)7-12(14-18-19-15(23-14)24(3,21)22)17-13(20)10-5-4-6-11(16)8-10/h4-6,8-9,12H,7H2,1-3H3,(H,17,20)/t12-/m0/s1. The average Bonchev–Trinajstić information content (AvgIpc) is 2.95. The quantitative estimate of drug-likeness (QED) is 0.837. The number of hydrogen-bond donors (Lipinski definition) is 1. The zero-order valence-corrected chi connectivity index (χ0v) is 15.1. The summed E-state index contributed by atoms with van der Waals surface area (Å²) >= 11 is 5.89. The number of nitrogens with one attached hydrogen (secondary N) is 1. The second kappa shape index (κ2) is 7.31. The second-order valence-corrected chi connectivity index (χ2v) is 8.17. The van der Waals surface area contributed by atoms with Crippen LogP contribution in [0.15, 0.2) is 33.9 Å². The van der Waals surface area contributed by atoms with E-state index in [0.717, 1.165) is 6.26 Å². The van der Waals surface area contributed by atoms with Gasteiger partial charge in [0.2, 0.25) is 15.7 Å². The number of halogens is 1. The fourth-order valence-corrected chi connectivity index (χ4v) is 2.69. The Morgan fingerprint density at radius 1 is 1.33 bits per heavy atom. The van der Waals surface area contributed by atoms with E-state index in [1.165, 1.54) is 0 Å². The largest absolute Gasteiger partial charge is 0.410 e. The smallest absolute Gasteiger partial charge is 0.335 e. The van der Waals surface area contributed by atoms with Crippen LogP contribution in [0.5, 0.6) is 0 Å². The van der Waals surface area contributed by atoms with Gasteiger partial charge < -0.3 is 9.73 Å². The van der Waals surface area contributed by atoms with E-state index in [2.05, 4.69) is 15.5 Å². The zero-order chi connectivity index (χ0) is 17.9. The van der Waals surface area contributed by atoms with Crippen LogP contribution >= 0.6 is 11.6 Å². The van der Waals surface area contributed by atoms with Crippen molar-refractivity contribution < 1.29 is 17.6 Å². The number of hydrogen-bond acceptors (Lipinski definition) is 6. The molecule has 0 fully saturated rings. The molecule has 1 amide bonds. The third-order valence-corrected chi connectivity index (χ3v) is 4.17. The highest BCUT2D eigenvalue weighted by atomic mass is 35.5. The van der Waals surface area contributed by atoms with E-state index < -0.39 is 21.1 Å². The molecule has 1 N–H and O–H groups in total. The van der Waals surface area contributed by atoms with E-state index in [1.54, 1.807) is 24.3 Å². The first kappa shape index (κ1) is 18.4. The van der Waals surface area contributed by atoms with Crippen LogP contribution in [0.1, 0.15) is 42.6 Å². The second-order valence-electron chi connectivity index (χ2n) is 5.84. The molecule has 1 aromatic carbocycles. The van der Waals surface area contributed by atoms with Crippen LogP contribution in [0.25, 0.3) is 0 Å². The highest BCUT2D eigenvalue weighted by Crippen LogP contribution is 2.22. The molecule has 9 heteroatoms. The van der Waals surface area contributed by atoms with Gasteiger partial charge in [-0.3, -0.25) is 4.79 Å². The average molecular weight is 372 g/mol. The molecule has 7 nitrogen and oxygen atoms in total. The van der Waals surface area contributed by atoms with E-state index in [4.69, 9.17) is 16.0 Å². The number of sulfone groups is 1. The van der Waals surface area contributed by atoms with Gasteiger partial charge >= 0.3 is 5.22 Å². The maximum atomic E-state index is 12.4. The van der Waals surface area contributed by atoms with Crippen molar-refractivity contribution in [2.45, 2.75) is 31.5 Å². The summed E-state index contributed by atoms with van der Waals surface area (Å²) in [5.74, 6) is -0.0926. The number of carbonyl (C=O) groups excluding carboxylic acids is 1. The number of aromatic nitrogens is 2. The van der Waals surface area contributed by atoms with Gasteiger partial charge in [0.15, 0.2) is 0 Å². The maximum absolute atomic E-state index is 12.4. The van der Waals surface area contributed by atoms with Crippen molar-refractivity contribution in [3.63, 3.8) is 0 Å². The lowest BCUT2D eigenvalue weighted by Crippen LogP contribution is -2.29. The van der Waals surface area contributed by atoms with E-state index in [-0.39, 0.29) is 17.7 Å². The molecule has 2 aromatic rings. The van der Waals surface area contributed by atoms with E-state index >= 15 is 0 Å². The van der Waals surface area contributed by atoms with E-state index in [0.29, 0.717) is 17.0 Å². The summed E-state index contributed by atoms with van der Waals surface area (Å²) in [4.78, 5) is 12.4. The van der Waals surface area contributed by atoms with Crippen LogP contribution in [0.2, 0.25) is 5.02 Å². The molecule has 130 valence electrons. The third-order valence-electron chi connectivity index (χ3n) is 3.14. The molecule has 0 aliphatic rings. The molecule has 1 aromatic heterocycles. The van der Waals surface area contributed by atoms with Crippen LogP contribution in [-0.4, -0.2) is 30.8 Å².